The van der Waals surface area contributed by atoms with Gasteiger partial charge >= 0.3 is 0 Å². The van der Waals surface area contributed by atoms with Crippen LogP contribution in [0.2, 0.25) is 0 Å². The fourth-order valence-electron chi connectivity index (χ4n) is 2.74. The highest BCUT2D eigenvalue weighted by Gasteiger charge is 2.57. The first-order valence-corrected chi connectivity index (χ1v) is 6.94. The lowest BCUT2D eigenvalue weighted by molar-refractivity contribution is -0.0847. The third-order valence-corrected chi connectivity index (χ3v) is 3.93. The van der Waals surface area contributed by atoms with Gasteiger partial charge in [-0.1, -0.05) is 5.92 Å². The molecule has 3 rings (SSSR count). The van der Waals surface area contributed by atoms with E-state index in [9.17, 15) is 20.1 Å². The standard InChI is InChI=1S/C14H16N4O5/c1-4-14(22)10(20)9(6(2)19)23-13(14)18-5-15-8-11(18)16-7(3)17-12(8)21/h1,5-6,9-10,13,19-20,22H,2-3H3,(H,16,17,21)/t6-,9-,10+,13-,14?/m1/s1. The molecule has 9 heteroatoms. The zero-order valence-corrected chi connectivity index (χ0v) is 12.5. The number of nitrogens with one attached hydrogen (secondary N) is 1. The molecular weight excluding hydrogens is 304 g/mol. The summed E-state index contributed by atoms with van der Waals surface area (Å²) >= 11 is 0. The average Bonchev–Trinajstić information content (AvgIpc) is 3.00. The molecular formula is C14H16N4O5. The van der Waals surface area contributed by atoms with E-state index in [1.807, 2.05) is 0 Å². The van der Waals surface area contributed by atoms with Crippen molar-refractivity contribution in [1.29, 1.82) is 0 Å². The molecule has 0 aromatic carbocycles. The monoisotopic (exact) mass is 320 g/mol. The Morgan fingerprint density at radius 1 is 1.61 bits per heavy atom. The van der Waals surface area contributed by atoms with Crippen LogP contribution in [0.25, 0.3) is 11.2 Å². The van der Waals surface area contributed by atoms with Crippen molar-refractivity contribution >= 4 is 11.2 Å². The fraction of sp³-hybridized carbons (Fsp3) is 0.500. The van der Waals surface area contributed by atoms with E-state index in [0.29, 0.717) is 5.82 Å². The summed E-state index contributed by atoms with van der Waals surface area (Å²) in [5, 5.41) is 30.6. The predicted molar refractivity (Wildman–Crippen MR) is 78.3 cm³/mol. The first kappa shape index (κ1) is 15.6. The number of aliphatic hydroxyl groups is 3. The number of aryl methyl sites for hydroxylation is 1. The van der Waals surface area contributed by atoms with Crippen molar-refractivity contribution in [2.24, 2.45) is 0 Å². The maximum Gasteiger partial charge on any atom is 0.279 e. The topological polar surface area (TPSA) is 133 Å². The fourth-order valence-corrected chi connectivity index (χ4v) is 2.74. The first-order chi connectivity index (χ1) is 10.8. The van der Waals surface area contributed by atoms with Gasteiger partial charge in [0.05, 0.1) is 12.4 Å². The van der Waals surface area contributed by atoms with E-state index in [2.05, 4.69) is 20.9 Å². The van der Waals surface area contributed by atoms with Crippen molar-refractivity contribution < 1.29 is 20.1 Å². The van der Waals surface area contributed by atoms with Crippen molar-refractivity contribution in [3.63, 3.8) is 0 Å². The maximum atomic E-state index is 11.9. The SMILES string of the molecule is C#CC1(O)[C@@H](O)[C@@H]([C@@H](C)O)O[C@H]1n1cnc2c(=O)[nH]c(C)nc21. The van der Waals surface area contributed by atoms with Crippen LogP contribution in [0.15, 0.2) is 11.1 Å². The lowest BCUT2D eigenvalue weighted by Crippen LogP contribution is -2.47. The van der Waals surface area contributed by atoms with Crippen LogP contribution in [-0.2, 0) is 4.74 Å². The van der Waals surface area contributed by atoms with Gasteiger partial charge in [0.15, 0.2) is 23.0 Å². The Kier molecular flexibility index (Phi) is 3.50. The summed E-state index contributed by atoms with van der Waals surface area (Å²) in [5.74, 6) is 2.46. The second-order valence-corrected chi connectivity index (χ2v) is 5.58. The van der Waals surface area contributed by atoms with Crippen LogP contribution >= 0.6 is 0 Å². The lowest BCUT2D eigenvalue weighted by atomic mass is 9.93. The Hall–Kier alpha value is -2.25. The molecule has 1 aliphatic heterocycles. The molecule has 122 valence electrons. The first-order valence-electron chi connectivity index (χ1n) is 6.94. The summed E-state index contributed by atoms with van der Waals surface area (Å²) in [5.41, 5.74) is -2.34. The molecule has 9 nitrogen and oxygen atoms in total. The maximum absolute atomic E-state index is 11.9. The van der Waals surface area contributed by atoms with Gasteiger partial charge in [-0.15, -0.1) is 6.42 Å². The minimum atomic E-state index is -2.10. The van der Waals surface area contributed by atoms with Crippen molar-refractivity contribution in [3.05, 3.63) is 22.5 Å². The number of H-pyrrole nitrogens is 1. The Bertz CT molecular complexity index is 851. The quantitative estimate of drug-likeness (QED) is 0.491. The Morgan fingerprint density at radius 2 is 2.30 bits per heavy atom. The van der Waals surface area contributed by atoms with Gasteiger partial charge in [0.25, 0.3) is 5.56 Å². The van der Waals surface area contributed by atoms with E-state index in [1.165, 1.54) is 17.8 Å². The highest BCUT2D eigenvalue weighted by Crippen LogP contribution is 2.40. The van der Waals surface area contributed by atoms with Crippen LogP contribution < -0.4 is 5.56 Å². The van der Waals surface area contributed by atoms with E-state index in [1.54, 1.807) is 6.92 Å². The number of terminal acetylenes is 1. The molecule has 0 saturated carbocycles. The van der Waals surface area contributed by atoms with E-state index in [-0.39, 0.29) is 11.2 Å². The zero-order chi connectivity index (χ0) is 16.9. The molecule has 0 aliphatic carbocycles. The molecule has 0 radical (unpaired) electrons. The van der Waals surface area contributed by atoms with Gasteiger partial charge in [-0.05, 0) is 13.8 Å². The molecule has 1 unspecified atom stereocenters. The van der Waals surface area contributed by atoms with Crippen LogP contribution in [0.3, 0.4) is 0 Å². The van der Waals surface area contributed by atoms with Gasteiger partial charge in [-0.25, -0.2) is 9.97 Å². The largest absolute Gasteiger partial charge is 0.391 e. The molecule has 0 spiro atoms. The second-order valence-electron chi connectivity index (χ2n) is 5.58. The van der Waals surface area contributed by atoms with Gasteiger partial charge in [0, 0.05) is 0 Å². The summed E-state index contributed by atoms with van der Waals surface area (Å²) in [6.07, 6.45) is 1.70. The molecule has 0 bridgehead atoms. The third-order valence-electron chi connectivity index (χ3n) is 3.93. The highest BCUT2D eigenvalue weighted by molar-refractivity contribution is 5.69. The third kappa shape index (κ3) is 2.15. The van der Waals surface area contributed by atoms with Gasteiger partial charge < -0.3 is 25.0 Å². The van der Waals surface area contributed by atoms with Crippen molar-refractivity contribution in [2.45, 2.75) is 44.0 Å². The molecule has 1 saturated heterocycles. The molecule has 23 heavy (non-hydrogen) atoms. The Morgan fingerprint density at radius 3 is 2.91 bits per heavy atom. The van der Waals surface area contributed by atoms with E-state index in [4.69, 9.17) is 11.2 Å². The normalized spacial score (nSPS) is 32.1. The molecule has 5 atom stereocenters. The minimum Gasteiger partial charge on any atom is -0.391 e. The number of hydrogen-bond acceptors (Lipinski definition) is 7. The van der Waals surface area contributed by atoms with Gasteiger partial charge in [-0.2, -0.15) is 0 Å². The number of rotatable bonds is 2. The summed E-state index contributed by atoms with van der Waals surface area (Å²) in [6, 6.07) is 0. The molecule has 2 aromatic rings. The Balaban J connectivity index is 2.18. The van der Waals surface area contributed by atoms with Gasteiger partial charge in [-0.3, -0.25) is 9.36 Å². The molecule has 0 amide bonds. The molecule has 2 aromatic heterocycles. The number of aromatic nitrogens is 4. The van der Waals surface area contributed by atoms with Crippen LogP contribution in [0.5, 0.6) is 0 Å². The summed E-state index contributed by atoms with van der Waals surface area (Å²) in [6.45, 7) is 3.00. The van der Waals surface area contributed by atoms with Crippen LogP contribution in [0, 0.1) is 19.3 Å². The summed E-state index contributed by atoms with van der Waals surface area (Å²) in [7, 11) is 0. The Labute approximate surface area is 130 Å². The second kappa shape index (κ2) is 5.14. The number of ether oxygens (including phenoxy) is 1. The van der Waals surface area contributed by atoms with Crippen LogP contribution in [0.4, 0.5) is 0 Å². The number of fused-ring (bicyclic) bond motifs is 1. The molecule has 1 aliphatic rings. The lowest BCUT2D eigenvalue weighted by Gasteiger charge is -2.26. The van der Waals surface area contributed by atoms with Crippen molar-refractivity contribution in [2.75, 3.05) is 0 Å². The number of imidazole rings is 1. The number of nitrogens with zero attached hydrogens (tertiary/aromatic N) is 3. The highest BCUT2D eigenvalue weighted by atomic mass is 16.6. The van der Waals surface area contributed by atoms with E-state index < -0.39 is 35.7 Å². The van der Waals surface area contributed by atoms with E-state index in [0.717, 1.165) is 0 Å². The number of aliphatic hydroxyl groups excluding tert-OH is 2. The molecule has 4 N–H and O–H groups in total. The van der Waals surface area contributed by atoms with Gasteiger partial charge in [0.2, 0.25) is 0 Å². The minimum absolute atomic E-state index is 0.0496. The molecule has 1 fully saturated rings. The zero-order valence-electron chi connectivity index (χ0n) is 12.5. The summed E-state index contributed by atoms with van der Waals surface area (Å²) < 4.78 is 6.83. The smallest absolute Gasteiger partial charge is 0.279 e. The van der Waals surface area contributed by atoms with Crippen molar-refractivity contribution in [3.8, 4) is 12.3 Å². The number of hydrogen-bond donors (Lipinski definition) is 4. The average molecular weight is 320 g/mol. The van der Waals surface area contributed by atoms with Crippen molar-refractivity contribution in [1.82, 2.24) is 19.5 Å². The molecule has 3 heterocycles. The number of aromatic amines is 1. The van der Waals surface area contributed by atoms with E-state index >= 15 is 0 Å². The predicted octanol–water partition coefficient (Wildman–Crippen LogP) is -1.57. The van der Waals surface area contributed by atoms with Gasteiger partial charge in [0.1, 0.15) is 18.0 Å². The van der Waals surface area contributed by atoms with Crippen LogP contribution in [0.1, 0.15) is 19.0 Å². The van der Waals surface area contributed by atoms with Crippen LogP contribution in [-0.4, -0.2) is 58.8 Å². The summed E-state index contributed by atoms with van der Waals surface area (Å²) in [4.78, 5) is 22.5.